The van der Waals surface area contributed by atoms with Crippen LogP contribution in [0.5, 0.6) is 0 Å². The minimum atomic E-state index is 0.187. The highest BCUT2D eigenvalue weighted by molar-refractivity contribution is 6.29. The smallest absolute Gasteiger partial charge is 0.240 e. The van der Waals surface area contributed by atoms with Crippen molar-refractivity contribution in [3.63, 3.8) is 0 Å². The van der Waals surface area contributed by atoms with Gasteiger partial charge in [0, 0.05) is 39.4 Å². The van der Waals surface area contributed by atoms with Gasteiger partial charge in [0.2, 0.25) is 11.8 Å². The maximum Gasteiger partial charge on any atom is 0.240 e. The van der Waals surface area contributed by atoms with E-state index >= 15 is 0 Å². The minimum Gasteiger partial charge on any atom is -0.377 e. The van der Waals surface area contributed by atoms with Gasteiger partial charge in [0.1, 0.15) is 17.6 Å². The number of nitrogens with two attached hydrogens (primary N) is 1. The molecular formula is C13H18ClN7O2. The molecule has 2 N–H and O–H groups in total. The first kappa shape index (κ1) is 15.9. The van der Waals surface area contributed by atoms with Crippen LogP contribution in [-0.2, 0) is 17.9 Å². The van der Waals surface area contributed by atoms with Gasteiger partial charge in [0.15, 0.2) is 5.82 Å². The zero-order valence-corrected chi connectivity index (χ0v) is 13.5. The van der Waals surface area contributed by atoms with Gasteiger partial charge in [-0.05, 0) is 0 Å². The quantitative estimate of drug-likeness (QED) is 0.782. The summed E-state index contributed by atoms with van der Waals surface area (Å²) >= 11 is 5.93. The molecule has 0 radical (unpaired) electrons. The highest BCUT2D eigenvalue weighted by Crippen LogP contribution is 2.19. The molecule has 1 fully saturated rings. The molecule has 0 amide bonds. The van der Waals surface area contributed by atoms with Crippen molar-refractivity contribution in [2.24, 2.45) is 0 Å². The number of hydrogen-bond acceptors (Lipinski definition) is 9. The van der Waals surface area contributed by atoms with Crippen LogP contribution in [0.3, 0.4) is 0 Å². The fourth-order valence-electron chi connectivity index (χ4n) is 2.45. The molecule has 0 bridgehead atoms. The zero-order valence-electron chi connectivity index (χ0n) is 12.8. The number of nitrogens with zero attached hydrogens (tertiary/aromatic N) is 6. The zero-order chi connectivity index (χ0) is 16.2. The molecule has 1 aliphatic heterocycles. The van der Waals surface area contributed by atoms with Crippen LogP contribution in [0.1, 0.15) is 11.7 Å². The molecule has 1 saturated heterocycles. The van der Waals surface area contributed by atoms with E-state index in [9.17, 15) is 0 Å². The van der Waals surface area contributed by atoms with Crippen molar-refractivity contribution in [2.75, 3.05) is 43.9 Å². The molecule has 3 rings (SSSR count). The van der Waals surface area contributed by atoms with E-state index in [1.165, 1.54) is 0 Å². The van der Waals surface area contributed by atoms with Crippen molar-refractivity contribution < 1.29 is 9.26 Å². The summed E-state index contributed by atoms with van der Waals surface area (Å²) in [4.78, 5) is 16.8. The second-order valence-corrected chi connectivity index (χ2v) is 5.59. The van der Waals surface area contributed by atoms with E-state index in [4.69, 9.17) is 26.6 Å². The van der Waals surface area contributed by atoms with E-state index in [0.717, 1.165) is 32.0 Å². The molecule has 23 heavy (non-hydrogen) atoms. The number of methoxy groups -OCH3 is 1. The van der Waals surface area contributed by atoms with Crippen LogP contribution in [0.25, 0.3) is 0 Å². The standard InChI is InChI=1S/C13H18ClN7O2/c1-22-8-10-17-12(23-19-10)7-20-2-4-21(5-3-20)11-6-9(14)16-13(15)18-11/h6H,2-5,7-8H2,1H3,(H2,15,16,18). The lowest BCUT2D eigenvalue weighted by atomic mass is 10.3. The lowest BCUT2D eigenvalue weighted by Crippen LogP contribution is -2.46. The first-order valence-electron chi connectivity index (χ1n) is 7.22. The maximum absolute atomic E-state index is 5.93. The van der Waals surface area contributed by atoms with Crippen molar-refractivity contribution >= 4 is 23.4 Å². The van der Waals surface area contributed by atoms with Crippen LogP contribution in [0.15, 0.2) is 10.6 Å². The Morgan fingerprint density at radius 3 is 2.74 bits per heavy atom. The largest absolute Gasteiger partial charge is 0.377 e. The first-order chi connectivity index (χ1) is 11.1. The summed E-state index contributed by atoms with van der Waals surface area (Å²) in [6.45, 7) is 4.30. The highest BCUT2D eigenvalue weighted by atomic mass is 35.5. The summed E-state index contributed by atoms with van der Waals surface area (Å²) in [5, 5.41) is 4.21. The predicted molar refractivity (Wildman–Crippen MR) is 84.0 cm³/mol. The molecule has 0 aromatic carbocycles. The van der Waals surface area contributed by atoms with Crippen LogP contribution >= 0.6 is 11.6 Å². The molecule has 0 aliphatic carbocycles. The SMILES string of the molecule is COCc1noc(CN2CCN(c3cc(Cl)nc(N)n3)CC2)n1. The van der Waals surface area contributed by atoms with Crippen LogP contribution in [-0.4, -0.2) is 58.3 Å². The third-order valence-corrected chi connectivity index (χ3v) is 3.73. The summed E-state index contributed by atoms with van der Waals surface area (Å²) in [5.41, 5.74) is 5.64. The van der Waals surface area contributed by atoms with Crippen LogP contribution in [0.2, 0.25) is 5.15 Å². The number of aromatic nitrogens is 4. The average molecular weight is 340 g/mol. The van der Waals surface area contributed by atoms with Gasteiger partial charge >= 0.3 is 0 Å². The summed E-state index contributed by atoms with van der Waals surface area (Å²) in [7, 11) is 1.60. The lowest BCUT2D eigenvalue weighted by Gasteiger charge is -2.34. The van der Waals surface area contributed by atoms with Gasteiger partial charge in [-0.1, -0.05) is 16.8 Å². The highest BCUT2D eigenvalue weighted by Gasteiger charge is 2.20. The number of anilines is 2. The fraction of sp³-hybridized carbons (Fsp3) is 0.538. The van der Waals surface area contributed by atoms with E-state index in [1.54, 1.807) is 13.2 Å². The minimum absolute atomic E-state index is 0.187. The number of ether oxygens (including phenoxy) is 1. The molecule has 2 aromatic rings. The Labute approximate surface area is 138 Å². The van der Waals surface area contributed by atoms with Gasteiger partial charge in [-0.15, -0.1) is 0 Å². The van der Waals surface area contributed by atoms with E-state index in [0.29, 0.717) is 30.0 Å². The second-order valence-electron chi connectivity index (χ2n) is 5.21. The molecule has 1 aliphatic rings. The fourth-order valence-corrected chi connectivity index (χ4v) is 2.64. The third kappa shape index (κ3) is 4.06. The first-order valence-corrected chi connectivity index (χ1v) is 7.59. The van der Waals surface area contributed by atoms with E-state index in [2.05, 4.69) is 29.9 Å². The summed E-state index contributed by atoms with van der Waals surface area (Å²) in [6, 6.07) is 1.72. The number of hydrogen-bond donors (Lipinski definition) is 1. The molecule has 2 aromatic heterocycles. The average Bonchev–Trinajstić information content (AvgIpc) is 2.95. The van der Waals surface area contributed by atoms with Gasteiger partial charge in [-0.2, -0.15) is 9.97 Å². The van der Waals surface area contributed by atoms with E-state index in [-0.39, 0.29) is 5.95 Å². The van der Waals surface area contributed by atoms with E-state index in [1.807, 2.05) is 0 Å². The van der Waals surface area contributed by atoms with Crippen molar-refractivity contribution in [3.8, 4) is 0 Å². The van der Waals surface area contributed by atoms with E-state index < -0.39 is 0 Å². The normalized spacial score (nSPS) is 16.0. The molecule has 0 unspecified atom stereocenters. The van der Waals surface area contributed by atoms with Crippen molar-refractivity contribution in [3.05, 3.63) is 22.9 Å². The van der Waals surface area contributed by atoms with Crippen LogP contribution < -0.4 is 10.6 Å². The molecule has 0 saturated carbocycles. The van der Waals surface area contributed by atoms with Gasteiger partial charge in [0.25, 0.3) is 0 Å². The monoisotopic (exact) mass is 339 g/mol. The summed E-state index contributed by atoms with van der Waals surface area (Å²) in [5.74, 6) is 2.10. The topological polar surface area (TPSA) is 106 Å². The van der Waals surface area contributed by atoms with Gasteiger partial charge < -0.3 is 19.9 Å². The maximum atomic E-state index is 5.93. The molecular weight excluding hydrogens is 322 g/mol. The Hall–Kier alpha value is -1.97. The Morgan fingerprint density at radius 2 is 2.04 bits per heavy atom. The number of rotatable bonds is 5. The Balaban J connectivity index is 1.55. The Bertz CT molecular complexity index is 637. The predicted octanol–water partition coefficient (Wildman–Crippen LogP) is 0.564. The van der Waals surface area contributed by atoms with Crippen LogP contribution in [0, 0.1) is 0 Å². The molecule has 10 heteroatoms. The van der Waals surface area contributed by atoms with Crippen LogP contribution in [0.4, 0.5) is 11.8 Å². The van der Waals surface area contributed by atoms with Crippen molar-refractivity contribution in [1.82, 2.24) is 25.0 Å². The molecule has 0 atom stereocenters. The van der Waals surface area contributed by atoms with Gasteiger partial charge in [-0.25, -0.2) is 4.98 Å². The summed E-state index contributed by atoms with van der Waals surface area (Å²) < 4.78 is 10.2. The van der Waals surface area contributed by atoms with Gasteiger partial charge in [0.05, 0.1) is 6.54 Å². The third-order valence-electron chi connectivity index (χ3n) is 3.54. The summed E-state index contributed by atoms with van der Waals surface area (Å²) in [6.07, 6.45) is 0. The van der Waals surface area contributed by atoms with Crippen molar-refractivity contribution in [2.45, 2.75) is 13.2 Å². The molecule has 124 valence electrons. The molecule has 9 nitrogen and oxygen atoms in total. The lowest BCUT2D eigenvalue weighted by molar-refractivity contribution is 0.174. The van der Waals surface area contributed by atoms with Gasteiger partial charge in [-0.3, -0.25) is 4.90 Å². The molecule has 0 spiro atoms. The second kappa shape index (κ2) is 7.07. The number of halogens is 1. The van der Waals surface area contributed by atoms with Crippen molar-refractivity contribution in [1.29, 1.82) is 0 Å². The number of piperazine rings is 1. The molecule has 3 heterocycles. The Kier molecular flexibility index (Phi) is 4.89. The Morgan fingerprint density at radius 1 is 1.26 bits per heavy atom. The number of nitrogen functional groups attached to an aromatic ring is 1.